The summed E-state index contributed by atoms with van der Waals surface area (Å²) in [7, 11) is 0. The third kappa shape index (κ3) is 3.17. The van der Waals surface area contributed by atoms with Gasteiger partial charge in [0.05, 0.1) is 6.42 Å². The van der Waals surface area contributed by atoms with Crippen LogP contribution in [-0.4, -0.2) is 34.1 Å². The van der Waals surface area contributed by atoms with Gasteiger partial charge in [0.2, 0.25) is 0 Å². The molecule has 1 aromatic carbocycles. The molecule has 1 saturated heterocycles. The molecule has 1 unspecified atom stereocenters. The molecule has 0 aliphatic carbocycles. The third-order valence-electron chi connectivity index (χ3n) is 4.34. The van der Waals surface area contributed by atoms with E-state index in [0.29, 0.717) is 6.92 Å². The number of hydrogen-bond donors (Lipinski definition) is 0. The number of alkyl halides is 3. The predicted octanol–water partition coefficient (Wildman–Crippen LogP) is 4.57. The highest BCUT2D eigenvalue weighted by Gasteiger charge is 2.69. The van der Waals surface area contributed by atoms with E-state index in [1.165, 1.54) is 32.9 Å². The normalized spacial score (nSPS) is 28.8. The molecule has 1 heterocycles. The average Bonchev–Trinajstić information content (AvgIpc) is 2.43. The van der Waals surface area contributed by atoms with Crippen LogP contribution in [0.3, 0.4) is 0 Å². The molecule has 0 bridgehead atoms. The molecule has 0 radical (unpaired) electrons. The van der Waals surface area contributed by atoms with Gasteiger partial charge < -0.3 is 4.74 Å². The van der Waals surface area contributed by atoms with E-state index in [-0.39, 0.29) is 4.90 Å². The number of likely N-dealkylation sites (tertiary alicyclic amines) is 1. The smallest absolute Gasteiger partial charge is 0.418 e. The topological polar surface area (TPSA) is 46.6 Å². The van der Waals surface area contributed by atoms with Crippen molar-refractivity contribution in [1.29, 1.82) is 0 Å². The summed E-state index contributed by atoms with van der Waals surface area (Å²) in [6, 6.07) is 4.54. The molecule has 0 saturated carbocycles. The van der Waals surface area contributed by atoms with Crippen molar-refractivity contribution in [3.05, 3.63) is 35.6 Å². The lowest BCUT2D eigenvalue weighted by molar-refractivity contribution is -0.208. The van der Waals surface area contributed by atoms with Crippen LogP contribution in [0.25, 0.3) is 0 Å². The van der Waals surface area contributed by atoms with Gasteiger partial charge in [0.1, 0.15) is 17.0 Å². The van der Waals surface area contributed by atoms with Crippen molar-refractivity contribution < 1.29 is 31.9 Å². The Hall–Kier alpha value is -2.12. The summed E-state index contributed by atoms with van der Waals surface area (Å²) in [5, 5.41) is 0. The number of hydrogen-bond acceptors (Lipinski definition) is 3. The van der Waals surface area contributed by atoms with E-state index in [4.69, 9.17) is 4.74 Å². The van der Waals surface area contributed by atoms with Crippen LogP contribution in [0.1, 0.15) is 46.6 Å². The van der Waals surface area contributed by atoms with Crippen molar-refractivity contribution in [2.75, 3.05) is 0 Å². The van der Waals surface area contributed by atoms with Crippen molar-refractivity contribution in [1.82, 2.24) is 4.90 Å². The summed E-state index contributed by atoms with van der Waals surface area (Å²) in [6.45, 7) is 5.90. The molecular weight excluding hydrogens is 354 g/mol. The maximum absolute atomic E-state index is 15.0. The van der Waals surface area contributed by atoms with Gasteiger partial charge in [0.15, 0.2) is 5.67 Å². The van der Waals surface area contributed by atoms with E-state index in [1.807, 2.05) is 0 Å². The fourth-order valence-corrected chi connectivity index (χ4v) is 3.01. The van der Waals surface area contributed by atoms with E-state index in [9.17, 15) is 18.4 Å². The van der Waals surface area contributed by atoms with Crippen LogP contribution in [0.2, 0.25) is 0 Å². The number of rotatable bonds is 1. The molecule has 8 heteroatoms. The van der Waals surface area contributed by atoms with E-state index in [2.05, 4.69) is 0 Å². The SMILES string of the molecule is CC(C)(C)OC(=O)N1C(=O)C(C)(F)CC(F)(F)[C@@]1(C)c1ccccc1F. The number of benzene rings is 1. The number of nitrogens with zero attached hydrogens (tertiary/aromatic N) is 1. The molecule has 1 aliphatic rings. The van der Waals surface area contributed by atoms with Gasteiger partial charge in [-0.3, -0.25) is 4.79 Å². The Kier molecular flexibility index (Phi) is 4.63. The van der Waals surface area contributed by atoms with Gasteiger partial charge in [-0.1, -0.05) is 18.2 Å². The molecule has 1 aromatic rings. The summed E-state index contributed by atoms with van der Waals surface area (Å²) < 4.78 is 64.0. The zero-order valence-electron chi connectivity index (χ0n) is 15.2. The maximum atomic E-state index is 15.0. The molecular formula is C18H21F4NO3. The molecule has 26 heavy (non-hydrogen) atoms. The van der Waals surface area contributed by atoms with Gasteiger partial charge >= 0.3 is 6.09 Å². The molecule has 144 valence electrons. The highest BCUT2D eigenvalue weighted by atomic mass is 19.3. The Morgan fingerprint density at radius 3 is 2.19 bits per heavy atom. The predicted molar refractivity (Wildman–Crippen MR) is 85.9 cm³/mol. The molecule has 2 atom stereocenters. The monoisotopic (exact) mass is 375 g/mol. The highest BCUT2D eigenvalue weighted by molar-refractivity contribution is 5.99. The third-order valence-corrected chi connectivity index (χ3v) is 4.34. The fraction of sp³-hybridized carbons (Fsp3) is 0.556. The molecule has 0 N–H and O–H groups in total. The molecule has 1 aliphatic heterocycles. The molecule has 2 amide bonds. The van der Waals surface area contributed by atoms with Crippen LogP contribution >= 0.6 is 0 Å². The van der Waals surface area contributed by atoms with Gasteiger partial charge in [0, 0.05) is 5.56 Å². The zero-order chi connectivity index (χ0) is 20.1. The Morgan fingerprint density at radius 2 is 1.69 bits per heavy atom. The molecule has 1 fully saturated rings. The lowest BCUT2D eigenvalue weighted by Crippen LogP contribution is -2.70. The standard InChI is InChI=1S/C18H21F4NO3/c1-15(2,3)26-14(25)23-13(24)16(4,20)10-18(21,22)17(23,5)11-8-6-7-9-12(11)19/h6-9H,10H2,1-5H3/t16?,17-/m1/s1. The van der Waals surface area contributed by atoms with Crippen LogP contribution in [0.5, 0.6) is 0 Å². The molecule has 4 nitrogen and oxygen atoms in total. The summed E-state index contributed by atoms with van der Waals surface area (Å²) in [6.07, 6.45) is -2.94. The van der Waals surface area contributed by atoms with E-state index in [0.717, 1.165) is 19.1 Å². The summed E-state index contributed by atoms with van der Waals surface area (Å²) in [5.74, 6) is -6.48. The van der Waals surface area contributed by atoms with Crippen molar-refractivity contribution in [3.8, 4) is 0 Å². The highest BCUT2D eigenvalue weighted by Crippen LogP contribution is 2.53. The van der Waals surface area contributed by atoms with Crippen LogP contribution < -0.4 is 0 Å². The lowest BCUT2D eigenvalue weighted by Gasteiger charge is -2.51. The summed E-state index contributed by atoms with van der Waals surface area (Å²) in [4.78, 5) is 25.1. The number of piperidine rings is 1. The first-order chi connectivity index (χ1) is 11.6. The Morgan fingerprint density at radius 1 is 1.15 bits per heavy atom. The molecule has 0 aromatic heterocycles. The lowest BCUT2D eigenvalue weighted by atomic mass is 9.74. The minimum absolute atomic E-state index is 0.0141. The minimum Gasteiger partial charge on any atom is -0.443 e. The van der Waals surface area contributed by atoms with Crippen molar-refractivity contribution in [2.45, 2.75) is 63.8 Å². The van der Waals surface area contributed by atoms with Gasteiger partial charge in [-0.2, -0.15) is 0 Å². The summed E-state index contributed by atoms with van der Waals surface area (Å²) in [5.41, 5.74) is -7.48. The first-order valence-corrected chi connectivity index (χ1v) is 8.03. The van der Waals surface area contributed by atoms with E-state index >= 15 is 8.78 Å². The number of halogens is 4. The van der Waals surface area contributed by atoms with Gasteiger partial charge in [-0.15, -0.1) is 0 Å². The minimum atomic E-state index is -3.94. The Bertz CT molecular complexity index is 742. The first kappa shape index (κ1) is 20.2. The number of imide groups is 1. The van der Waals surface area contributed by atoms with Gasteiger partial charge in [0.25, 0.3) is 11.8 Å². The maximum Gasteiger partial charge on any atom is 0.418 e. The van der Waals surface area contributed by atoms with E-state index in [1.54, 1.807) is 0 Å². The number of amides is 2. The average molecular weight is 375 g/mol. The van der Waals surface area contributed by atoms with Crippen molar-refractivity contribution in [2.24, 2.45) is 0 Å². The van der Waals surface area contributed by atoms with E-state index < -0.39 is 52.5 Å². The Balaban J connectivity index is 2.72. The van der Waals surface area contributed by atoms with Crippen LogP contribution in [0.15, 0.2) is 24.3 Å². The Labute approximate surface area is 149 Å². The zero-order valence-corrected chi connectivity index (χ0v) is 15.2. The quantitative estimate of drug-likeness (QED) is 0.676. The fourth-order valence-electron chi connectivity index (χ4n) is 3.01. The van der Waals surface area contributed by atoms with Gasteiger partial charge in [-0.05, 0) is 40.7 Å². The van der Waals surface area contributed by atoms with Crippen molar-refractivity contribution in [3.63, 3.8) is 0 Å². The van der Waals surface area contributed by atoms with Crippen LogP contribution in [0, 0.1) is 5.82 Å². The molecule has 2 rings (SSSR count). The first-order valence-electron chi connectivity index (χ1n) is 8.03. The second-order valence-corrected chi connectivity index (χ2v) is 7.75. The largest absolute Gasteiger partial charge is 0.443 e. The van der Waals surface area contributed by atoms with Crippen LogP contribution in [0.4, 0.5) is 22.4 Å². The second kappa shape index (κ2) is 5.96. The number of carbonyl (C=O) groups is 2. The van der Waals surface area contributed by atoms with Crippen LogP contribution in [-0.2, 0) is 15.1 Å². The van der Waals surface area contributed by atoms with Gasteiger partial charge in [-0.25, -0.2) is 27.3 Å². The molecule has 0 spiro atoms. The number of carbonyl (C=O) groups excluding carboxylic acids is 2. The second-order valence-electron chi connectivity index (χ2n) is 7.75. The number of ether oxygens (including phenoxy) is 1. The van der Waals surface area contributed by atoms with Crippen molar-refractivity contribution >= 4 is 12.0 Å². The summed E-state index contributed by atoms with van der Waals surface area (Å²) >= 11 is 0.